The lowest BCUT2D eigenvalue weighted by Gasteiger charge is -2.14. The fourth-order valence-electron chi connectivity index (χ4n) is 2.65. The smallest absolute Gasteiger partial charge is 0.307 e. The number of carbonyl (C=O) groups excluding carboxylic acids is 2. The van der Waals surface area contributed by atoms with Gasteiger partial charge >= 0.3 is 5.97 Å². The van der Waals surface area contributed by atoms with Crippen LogP contribution in [0.4, 0.5) is 5.69 Å². The molecule has 1 atom stereocenters. The summed E-state index contributed by atoms with van der Waals surface area (Å²) in [5.41, 5.74) is 0.674. The standard InChI is InChI=1S/C20H17Cl2N3O4/c1-11(19(27)23-14-9-12(21)8-13(22)10-14)29-18(26)7-6-17-24-16-5-3-2-4-15(16)20(28)25-17/h2-5,8-11H,6-7H2,1H3,(H,23,27)(H,24,25,28). The van der Waals surface area contributed by atoms with E-state index in [-0.39, 0.29) is 18.4 Å². The molecule has 1 unspecified atom stereocenters. The van der Waals surface area contributed by atoms with E-state index < -0.39 is 18.0 Å². The molecular weight excluding hydrogens is 417 g/mol. The topological polar surface area (TPSA) is 101 Å². The SMILES string of the molecule is CC(OC(=O)CCc1nc2ccccc2c(=O)[nH]1)C(=O)Nc1cc(Cl)cc(Cl)c1. The maximum atomic E-state index is 12.2. The van der Waals surface area contributed by atoms with Gasteiger partial charge in [-0.25, -0.2) is 4.98 Å². The third-order valence-electron chi connectivity index (χ3n) is 4.04. The number of fused-ring (bicyclic) bond motifs is 1. The van der Waals surface area contributed by atoms with Crippen molar-refractivity contribution in [2.45, 2.75) is 25.9 Å². The molecule has 3 aromatic rings. The van der Waals surface area contributed by atoms with E-state index in [2.05, 4.69) is 15.3 Å². The van der Waals surface area contributed by atoms with Gasteiger partial charge in [0.2, 0.25) is 0 Å². The second-order valence-corrected chi connectivity index (χ2v) is 7.18. The number of aromatic amines is 1. The lowest BCUT2D eigenvalue weighted by Crippen LogP contribution is -2.30. The number of anilines is 1. The van der Waals surface area contributed by atoms with Crippen molar-refractivity contribution in [2.24, 2.45) is 0 Å². The number of nitrogens with zero attached hydrogens (tertiary/aromatic N) is 1. The quantitative estimate of drug-likeness (QED) is 0.576. The number of halogens is 2. The van der Waals surface area contributed by atoms with Gasteiger partial charge in [-0.15, -0.1) is 0 Å². The van der Waals surface area contributed by atoms with Crippen LogP contribution >= 0.6 is 23.2 Å². The number of amides is 1. The summed E-state index contributed by atoms with van der Waals surface area (Å²) in [4.78, 5) is 43.3. The average molecular weight is 434 g/mol. The maximum Gasteiger partial charge on any atom is 0.307 e. The summed E-state index contributed by atoms with van der Waals surface area (Å²) in [7, 11) is 0. The zero-order valence-corrected chi connectivity index (χ0v) is 16.9. The molecule has 7 nitrogen and oxygen atoms in total. The number of carbonyl (C=O) groups is 2. The Labute approximate surface area is 176 Å². The Morgan fingerprint density at radius 1 is 1.17 bits per heavy atom. The molecule has 0 saturated heterocycles. The summed E-state index contributed by atoms with van der Waals surface area (Å²) in [6.45, 7) is 1.45. The van der Waals surface area contributed by atoms with Crippen LogP contribution in [-0.4, -0.2) is 27.9 Å². The van der Waals surface area contributed by atoms with Crippen molar-refractivity contribution in [3.05, 3.63) is 68.7 Å². The minimum Gasteiger partial charge on any atom is -0.453 e. The van der Waals surface area contributed by atoms with Crippen LogP contribution in [0.5, 0.6) is 0 Å². The molecule has 0 radical (unpaired) electrons. The molecule has 9 heteroatoms. The zero-order valence-electron chi connectivity index (χ0n) is 15.4. The van der Waals surface area contributed by atoms with Crippen molar-refractivity contribution in [1.29, 1.82) is 0 Å². The predicted molar refractivity (Wildman–Crippen MR) is 111 cm³/mol. The Morgan fingerprint density at radius 3 is 2.59 bits per heavy atom. The number of aromatic nitrogens is 2. The van der Waals surface area contributed by atoms with Gasteiger partial charge in [0.05, 0.1) is 17.3 Å². The zero-order chi connectivity index (χ0) is 21.0. The third-order valence-corrected chi connectivity index (χ3v) is 4.47. The van der Waals surface area contributed by atoms with Crippen LogP contribution in [-0.2, 0) is 20.7 Å². The van der Waals surface area contributed by atoms with Crippen LogP contribution in [0.3, 0.4) is 0 Å². The van der Waals surface area contributed by atoms with Crippen LogP contribution in [0.15, 0.2) is 47.3 Å². The van der Waals surface area contributed by atoms with Crippen LogP contribution in [0.25, 0.3) is 10.9 Å². The molecule has 1 amide bonds. The van der Waals surface area contributed by atoms with Crippen molar-refractivity contribution < 1.29 is 14.3 Å². The van der Waals surface area contributed by atoms with Gasteiger partial charge in [-0.2, -0.15) is 0 Å². The van der Waals surface area contributed by atoms with Crippen molar-refractivity contribution in [3.63, 3.8) is 0 Å². The van der Waals surface area contributed by atoms with Gasteiger partial charge in [0.25, 0.3) is 11.5 Å². The summed E-state index contributed by atoms with van der Waals surface area (Å²) < 4.78 is 5.15. The fourth-order valence-corrected chi connectivity index (χ4v) is 3.18. The average Bonchev–Trinajstić information content (AvgIpc) is 2.65. The van der Waals surface area contributed by atoms with Gasteiger partial charge in [-0.1, -0.05) is 35.3 Å². The first-order valence-corrected chi connectivity index (χ1v) is 9.52. The summed E-state index contributed by atoms with van der Waals surface area (Å²) in [6, 6.07) is 11.5. The van der Waals surface area contributed by atoms with Gasteiger partial charge < -0.3 is 15.0 Å². The minimum atomic E-state index is -1.02. The molecule has 0 aliphatic carbocycles. The highest BCUT2D eigenvalue weighted by molar-refractivity contribution is 6.35. The molecule has 2 aromatic carbocycles. The predicted octanol–water partition coefficient (Wildman–Crippen LogP) is 3.73. The van der Waals surface area contributed by atoms with E-state index in [0.717, 1.165) is 0 Å². The Kier molecular flexibility index (Phi) is 6.51. The fraction of sp³-hybridized carbons (Fsp3) is 0.200. The minimum absolute atomic E-state index is 0.0398. The number of benzene rings is 2. The van der Waals surface area contributed by atoms with Gasteiger partial charge in [0.1, 0.15) is 5.82 Å². The van der Waals surface area contributed by atoms with Crippen LogP contribution in [0.1, 0.15) is 19.2 Å². The van der Waals surface area contributed by atoms with Gasteiger partial charge in [-0.3, -0.25) is 14.4 Å². The third kappa shape index (κ3) is 5.56. The van der Waals surface area contributed by atoms with Crippen LogP contribution < -0.4 is 10.9 Å². The number of nitrogens with one attached hydrogen (secondary N) is 2. The lowest BCUT2D eigenvalue weighted by molar-refractivity contribution is -0.153. The van der Waals surface area contributed by atoms with E-state index in [4.69, 9.17) is 27.9 Å². The number of hydrogen-bond donors (Lipinski definition) is 2. The summed E-state index contributed by atoms with van der Waals surface area (Å²) in [6.07, 6.45) is -0.886. The monoisotopic (exact) mass is 433 g/mol. The van der Waals surface area contributed by atoms with Crippen LogP contribution in [0, 0.1) is 0 Å². The number of hydrogen-bond acceptors (Lipinski definition) is 5. The molecule has 3 rings (SSSR count). The van der Waals surface area contributed by atoms with E-state index in [1.54, 1.807) is 24.3 Å². The summed E-state index contributed by atoms with van der Waals surface area (Å²) >= 11 is 11.8. The molecule has 150 valence electrons. The molecule has 0 saturated carbocycles. The van der Waals surface area contributed by atoms with E-state index in [0.29, 0.717) is 32.5 Å². The number of para-hydroxylation sites is 1. The first-order valence-electron chi connectivity index (χ1n) is 8.76. The number of aryl methyl sites for hydroxylation is 1. The van der Waals surface area contributed by atoms with Gasteiger partial charge in [0.15, 0.2) is 6.10 Å². The Hall–Kier alpha value is -2.90. The second-order valence-electron chi connectivity index (χ2n) is 6.31. The molecular formula is C20H17Cl2N3O4. The van der Waals surface area contributed by atoms with E-state index in [1.165, 1.54) is 25.1 Å². The van der Waals surface area contributed by atoms with Crippen molar-refractivity contribution >= 4 is 51.7 Å². The number of rotatable bonds is 6. The number of esters is 1. The Morgan fingerprint density at radius 2 is 1.86 bits per heavy atom. The van der Waals surface area contributed by atoms with E-state index in [9.17, 15) is 14.4 Å². The molecule has 0 fully saturated rings. The second kappa shape index (κ2) is 9.07. The van der Waals surface area contributed by atoms with Crippen LogP contribution in [0.2, 0.25) is 10.0 Å². The van der Waals surface area contributed by atoms with Crippen molar-refractivity contribution in [3.8, 4) is 0 Å². The summed E-state index contributed by atoms with van der Waals surface area (Å²) in [5.74, 6) is -0.738. The number of H-pyrrole nitrogens is 1. The first-order chi connectivity index (χ1) is 13.8. The van der Waals surface area contributed by atoms with Gasteiger partial charge in [-0.05, 0) is 37.3 Å². The van der Waals surface area contributed by atoms with E-state index >= 15 is 0 Å². The Balaban J connectivity index is 1.56. The molecule has 29 heavy (non-hydrogen) atoms. The molecule has 1 heterocycles. The highest BCUT2D eigenvalue weighted by Crippen LogP contribution is 2.22. The molecule has 0 bridgehead atoms. The van der Waals surface area contributed by atoms with Crippen molar-refractivity contribution in [2.75, 3.05) is 5.32 Å². The van der Waals surface area contributed by atoms with E-state index in [1.807, 2.05) is 0 Å². The summed E-state index contributed by atoms with van der Waals surface area (Å²) in [5, 5.41) is 3.80. The first kappa shape index (κ1) is 20.8. The van der Waals surface area contributed by atoms with Gasteiger partial charge in [0, 0.05) is 22.2 Å². The van der Waals surface area contributed by atoms with Crippen molar-refractivity contribution in [1.82, 2.24) is 9.97 Å². The largest absolute Gasteiger partial charge is 0.453 e. The number of ether oxygens (including phenoxy) is 1. The Bertz CT molecular complexity index is 1110. The highest BCUT2D eigenvalue weighted by Gasteiger charge is 2.18. The molecule has 0 aliphatic heterocycles. The molecule has 0 spiro atoms. The normalized spacial score (nSPS) is 11.8. The highest BCUT2D eigenvalue weighted by atomic mass is 35.5. The molecule has 0 aliphatic rings. The maximum absolute atomic E-state index is 12.2. The molecule has 2 N–H and O–H groups in total. The lowest BCUT2D eigenvalue weighted by atomic mass is 10.2. The molecule has 1 aromatic heterocycles.